The van der Waals surface area contributed by atoms with Crippen LogP contribution in [0.25, 0.3) is 21.5 Å². The van der Waals surface area contributed by atoms with Crippen LogP contribution in [-0.2, 0) is 9.53 Å². The number of hydrogen-bond acceptors (Lipinski definition) is 3. The van der Waals surface area contributed by atoms with Gasteiger partial charge in [-0.3, -0.25) is 4.79 Å². The van der Waals surface area contributed by atoms with Gasteiger partial charge in [0.25, 0.3) is 0 Å². The first kappa shape index (κ1) is 17.3. The average Bonchev–Trinajstić information content (AvgIpc) is 2.54. The van der Waals surface area contributed by atoms with Crippen LogP contribution in [-0.4, -0.2) is 12.6 Å². The first-order chi connectivity index (χ1) is 10.7. The van der Waals surface area contributed by atoms with E-state index in [4.69, 9.17) is 10.5 Å². The predicted octanol–water partition coefficient (Wildman–Crippen LogP) is 4.37. The molecule has 2 N–H and O–H groups in total. The molecule has 3 nitrogen and oxygen atoms in total. The average molecular weight is 330 g/mol. The van der Waals surface area contributed by atoms with E-state index in [-0.39, 0.29) is 30.8 Å². The summed E-state index contributed by atoms with van der Waals surface area (Å²) in [5.74, 6) is -0.257. The Morgan fingerprint density at radius 1 is 1.04 bits per heavy atom. The Hall–Kier alpha value is -2.10. The number of fused-ring (bicyclic) bond motifs is 3. The van der Waals surface area contributed by atoms with Gasteiger partial charge in [-0.25, -0.2) is 0 Å². The molecule has 0 aliphatic heterocycles. The van der Waals surface area contributed by atoms with Crippen LogP contribution in [0, 0.1) is 0 Å². The van der Waals surface area contributed by atoms with E-state index in [9.17, 15) is 4.79 Å². The minimum atomic E-state index is -0.367. The monoisotopic (exact) mass is 329 g/mol. The van der Waals surface area contributed by atoms with E-state index < -0.39 is 0 Å². The Balaban J connectivity index is 0.00000192. The lowest BCUT2D eigenvalue weighted by molar-refractivity contribution is -0.143. The largest absolute Gasteiger partial charge is 0.466 e. The summed E-state index contributed by atoms with van der Waals surface area (Å²) in [5, 5.41) is 4.59. The Labute approximate surface area is 141 Å². The number of ether oxygens (including phenoxy) is 1. The maximum atomic E-state index is 11.7. The van der Waals surface area contributed by atoms with E-state index in [1.54, 1.807) is 6.92 Å². The molecule has 0 unspecified atom stereocenters. The highest BCUT2D eigenvalue weighted by atomic mass is 35.5. The molecule has 0 fully saturated rings. The van der Waals surface area contributed by atoms with Crippen molar-refractivity contribution in [1.82, 2.24) is 0 Å². The van der Waals surface area contributed by atoms with Gasteiger partial charge in [0.15, 0.2) is 0 Å². The maximum absolute atomic E-state index is 11.7. The fourth-order valence-corrected chi connectivity index (χ4v) is 2.90. The minimum absolute atomic E-state index is 0. The molecule has 0 radical (unpaired) electrons. The van der Waals surface area contributed by atoms with Crippen molar-refractivity contribution in [2.75, 3.05) is 6.61 Å². The Morgan fingerprint density at radius 3 is 2.35 bits per heavy atom. The topological polar surface area (TPSA) is 52.3 Å². The summed E-state index contributed by atoms with van der Waals surface area (Å²) in [7, 11) is 0. The van der Waals surface area contributed by atoms with Crippen LogP contribution in [0.3, 0.4) is 0 Å². The van der Waals surface area contributed by atoms with E-state index in [1.165, 1.54) is 5.39 Å². The Morgan fingerprint density at radius 2 is 1.65 bits per heavy atom. The molecule has 0 saturated carbocycles. The van der Waals surface area contributed by atoms with Crippen molar-refractivity contribution in [3.8, 4) is 0 Å². The zero-order valence-corrected chi connectivity index (χ0v) is 13.8. The quantitative estimate of drug-likeness (QED) is 0.571. The summed E-state index contributed by atoms with van der Waals surface area (Å²) in [6, 6.07) is 18.1. The van der Waals surface area contributed by atoms with Crippen LogP contribution in [0.15, 0.2) is 54.6 Å². The van der Waals surface area contributed by atoms with Gasteiger partial charge in [0, 0.05) is 6.04 Å². The highest BCUT2D eigenvalue weighted by molar-refractivity contribution is 6.09. The highest BCUT2D eigenvalue weighted by Gasteiger charge is 2.16. The van der Waals surface area contributed by atoms with Crippen molar-refractivity contribution in [2.24, 2.45) is 5.73 Å². The SMILES string of the molecule is CCOC(=O)C[C@H](N)c1cc2ccccc2c2ccccc12.Cl. The van der Waals surface area contributed by atoms with Crippen molar-refractivity contribution in [2.45, 2.75) is 19.4 Å². The number of carbonyl (C=O) groups excluding carboxylic acids is 1. The molecule has 0 amide bonds. The van der Waals surface area contributed by atoms with Gasteiger partial charge >= 0.3 is 5.97 Å². The molecule has 0 saturated heterocycles. The summed E-state index contributed by atoms with van der Waals surface area (Å²) >= 11 is 0. The third-order valence-electron chi connectivity index (χ3n) is 3.89. The number of halogens is 1. The number of benzene rings is 3. The summed E-state index contributed by atoms with van der Waals surface area (Å²) < 4.78 is 5.01. The van der Waals surface area contributed by atoms with Gasteiger partial charge in [-0.2, -0.15) is 0 Å². The van der Waals surface area contributed by atoms with Gasteiger partial charge in [0.2, 0.25) is 0 Å². The second kappa shape index (κ2) is 7.44. The molecule has 0 aliphatic rings. The molecular formula is C19H20ClNO2. The van der Waals surface area contributed by atoms with Crippen LogP contribution in [0.4, 0.5) is 0 Å². The summed E-state index contributed by atoms with van der Waals surface area (Å²) in [6.07, 6.45) is 0.191. The van der Waals surface area contributed by atoms with Crippen molar-refractivity contribution in [3.63, 3.8) is 0 Å². The number of hydrogen-bond donors (Lipinski definition) is 1. The molecule has 120 valence electrons. The standard InChI is InChI=1S/C19H19NO2.ClH/c1-2-22-19(21)12-18(20)17-11-13-7-3-4-8-14(13)15-9-5-6-10-16(15)17;/h3-11,18H,2,12,20H2,1H3;1H/t18-;/m0./s1. The molecular weight excluding hydrogens is 310 g/mol. The van der Waals surface area contributed by atoms with E-state index in [1.807, 2.05) is 24.3 Å². The smallest absolute Gasteiger partial charge is 0.307 e. The molecule has 3 aromatic rings. The van der Waals surface area contributed by atoms with Crippen LogP contribution < -0.4 is 5.73 Å². The number of esters is 1. The van der Waals surface area contributed by atoms with E-state index in [0.29, 0.717) is 6.61 Å². The van der Waals surface area contributed by atoms with E-state index >= 15 is 0 Å². The second-order valence-corrected chi connectivity index (χ2v) is 5.35. The molecule has 0 aromatic heterocycles. The van der Waals surface area contributed by atoms with Gasteiger partial charge in [0.05, 0.1) is 13.0 Å². The van der Waals surface area contributed by atoms with Gasteiger partial charge in [-0.15, -0.1) is 12.4 Å². The van der Waals surface area contributed by atoms with Crippen LogP contribution in [0.1, 0.15) is 24.9 Å². The molecule has 0 bridgehead atoms. The van der Waals surface area contributed by atoms with Crippen LogP contribution >= 0.6 is 12.4 Å². The lowest BCUT2D eigenvalue weighted by Crippen LogP contribution is -2.17. The van der Waals surface area contributed by atoms with Crippen molar-refractivity contribution in [3.05, 3.63) is 60.2 Å². The van der Waals surface area contributed by atoms with Gasteiger partial charge in [-0.1, -0.05) is 48.5 Å². The number of rotatable bonds is 4. The van der Waals surface area contributed by atoms with E-state index in [2.05, 4.69) is 30.3 Å². The third-order valence-corrected chi connectivity index (χ3v) is 3.89. The van der Waals surface area contributed by atoms with Crippen LogP contribution in [0.2, 0.25) is 0 Å². The summed E-state index contributed by atoms with van der Waals surface area (Å²) in [5.41, 5.74) is 7.27. The van der Waals surface area contributed by atoms with Gasteiger partial charge < -0.3 is 10.5 Å². The summed E-state index contributed by atoms with van der Waals surface area (Å²) in [4.78, 5) is 11.7. The van der Waals surface area contributed by atoms with Crippen LogP contribution in [0.5, 0.6) is 0 Å². The van der Waals surface area contributed by atoms with Crippen molar-refractivity contribution < 1.29 is 9.53 Å². The molecule has 3 rings (SSSR count). The first-order valence-electron chi connectivity index (χ1n) is 7.52. The molecule has 3 aromatic carbocycles. The summed E-state index contributed by atoms with van der Waals surface area (Å²) in [6.45, 7) is 2.18. The Kier molecular flexibility index (Phi) is 5.59. The first-order valence-corrected chi connectivity index (χ1v) is 7.52. The highest BCUT2D eigenvalue weighted by Crippen LogP contribution is 2.32. The molecule has 1 atom stereocenters. The second-order valence-electron chi connectivity index (χ2n) is 5.35. The number of carbonyl (C=O) groups is 1. The molecule has 4 heteroatoms. The van der Waals surface area contributed by atoms with Crippen molar-refractivity contribution in [1.29, 1.82) is 0 Å². The predicted molar refractivity (Wildman–Crippen MR) is 96.9 cm³/mol. The fraction of sp³-hybridized carbons (Fsp3) is 0.211. The molecule has 0 spiro atoms. The number of nitrogens with two attached hydrogens (primary N) is 1. The lowest BCUT2D eigenvalue weighted by Gasteiger charge is -2.16. The van der Waals surface area contributed by atoms with Crippen molar-refractivity contribution >= 4 is 39.9 Å². The van der Waals surface area contributed by atoms with Gasteiger partial charge in [0.1, 0.15) is 0 Å². The zero-order valence-electron chi connectivity index (χ0n) is 13.0. The molecule has 0 aliphatic carbocycles. The maximum Gasteiger partial charge on any atom is 0.307 e. The minimum Gasteiger partial charge on any atom is -0.466 e. The zero-order chi connectivity index (χ0) is 15.5. The molecule has 0 heterocycles. The van der Waals surface area contributed by atoms with Gasteiger partial charge in [-0.05, 0) is 40.1 Å². The third kappa shape index (κ3) is 3.46. The Bertz CT molecular complexity index is 832. The normalized spacial score (nSPS) is 11.9. The lowest BCUT2D eigenvalue weighted by atomic mass is 9.92. The van der Waals surface area contributed by atoms with E-state index in [0.717, 1.165) is 21.7 Å². The molecule has 23 heavy (non-hydrogen) atoms. The fourth-order valence-electron chi connectivity index (χ4n) is 2.90.